The van der Waals surface area contributed by atoms with Crippen LogP contribution in [0, 0.1) is 6.92 Å². The van der Waals surface area contributed by atoms with Gasteiger partial charge in [-0.15, -0.1) is 23.1 Å². The number of aryl methyl sites for hydroxylation is 1. The van der Waals surface area contributed by atoms with Crippen LogP contribution in [0.1, 0.15) is 22.4 Å². The number of thioether (sulfide) groups is 1. The van der Waals surface area contributed by atoms with Gasteiger partial charge in [0.2, 0.25) is 0 Å². The minimum absolute atomic E-state index is 0.622. The van der Waals surface area contributed by atoms with Crippen LogP contribution in [0.3, 0.4) is 0 Å². The Kier molecular flexibility index (Phi) is 6.92. The summed E-state index contributed by atoms with van der Waals surface area (Å²) in [6.07, 6.45) is 4.00. The molecule has 0 saturated carbocycles. The van der Waals surface area contributed by atoms with Gasteiger partial charge in [-0.1, -0.05) is 12.1 Å². The third-order valence-electron chi connectivity index (χ3n) is 3.31. The molecule has 0 saturated heterocycles. The van der Waals surface area contributed by atoms with Gasteiger partial charge in [0, 0.05) is 36.1 Å². The first-order valence-corrected chi connectivity index (χ1v) is 9.70. The van der Waals surface area contributed by atoms with Crippen LogP contribution >= 0.6 is 23.1 Å². The average molecular weight is 349 g/mol. The molecule has 124 valence electrons. The molecule has 1 aromatic carbocycles. The molecule has 2 rings (SSSR count). The maximum Gasteiger partial charge on any atom is 0.194 e. The molecule has 1 aromatic heterocycles. The van der Waals surface area contributed by atoms with Crippen molar-refractivity contribution < 1.29 is 0 Å². The number of hydrogen-bond acceptors (Lipinski definition) is 4. The zero-order valence-electron chi connectivity index (χ0n) is 14.2. The fraction of sp³-hybridized carbons (Fsp3) is 0.412. The molecule has 0 unspecified atom stereocenters. The van der Waals surface area contributed by atoms with Gasteiger partial charge in [-0.2, -0.15) is 0 Å². The van der Waals surface area contributed by atoms with Crippen molar-refractivity contribution in [2.75, 3.05) is 19.8 Å². The van der Waals surface area contributed by atoms with Gasteiger partial charge in [0.15, 0.2) is 5.96 Å². The van der Waals surface area contributed by atoms with Gasteiger partial charge >= 0.3 is 0 Å². The molecular formula is C17H24N4S2. The summed E-state index contributed by atoms with van der Waals surface area (Å²) in [6, 6.07) is 8.68. The lowest BCUT2D eigenvalue weighted by Gasteiger charge is -2.22. The van der Waals surface area contributed by atoms with Crippen molar-refractivity contribution in [3.63, 3.8) is 0 Å². The molecule has 2 aromatic rings. The van der Waals surface area contributed by atoms with E-state index in [2.05, 4.69) is 66.6 Å². The monoisotopic (exact) mass is 348 g/mol. The quantitative estimate of drug-likeness (QED) is 0.490. The summed E-state index contributed by atoms with van der Waals surface area (Å²) < 4.78 is 0. The van der Waals surface area contributed by atoms with Crippen molar-refractivity contribution in [3.05, 3.63) is 45.9 Å². The van der Waals surface area contributed by atoms with Crippen LogP contribution in [-0.4, -0.2) is 35.7 Å². The van der Waals surface area contributed by atoms with Crippen molar-refractivity contribution >= 4 is 29.1 Å². The minimum Gasteiger partial charge on any atom is -0.357 e. The zero-order chi connectivity index (χ0) is 16.7. The second-order valence-electron chi connectivity index (χ2n) is 5.24. The lowest BCUT2D eigenvalue weighted by atomic mass is 10.2. The van der Waals surface area contributed by atoms with Crippen LogP contribution in [0.4, 0.5) is 0 Å². The summed E-state index contributed by atoms with van der Waals surface area (Å²) in [4.78, 5) is 13.7. The molecule has 0 fully saturated rings. The molecule has 0 aliphatic carbocycles. The zero-order valence-corrected chi connectivity index (χ0v) is 15.8. The molecule has 4 nitrogen and oxygen atoms in total. The van der Waals surface area contributed by atoms with E-state index in [0.29, 0.717) is 6.54 Å². The van der Waals surface area contributed by atoms with Crippen molar-refractivity contribution in [1.82, 2.24) is 15.2 Å². The van der Waals surface area contributed by atoms with Crippen molar-refractivity contribution in [1.29, 1.82) is 0 Å². The van der Waals surface area contributed by atoms with E-state index in [1.54, 1.807) is 23.1 Å². The SMILES string of the molecule is CCNC(=NCc1ncc(C)s1)N(C)Cc1ccc(SC)cc1. The molecule has 0 amide bonds. The Labute approximate surface area is 147 Å². The standard InChI is InChI=1S/C17H24N4S2/c1-5-18-17(20-11-16-19-10-13(2)23-16)21(3)12-14-6-8-15(22-4)9-7-14/h6-10H,5,11-12H2,1-4H3,(H,18,20). The van der Waals surface area contributed by atoms with Gasteiger partial charge < -0.3 is 10.2 Å². The fourth-order valence-electron chi connectivity index (χ4n) is 2.17. The second-order valence-corrected chi connectivity index (χ2v) is 7.44. The molecular weight excluding hydrogens is 324 g/mol. The van der Waals surface area contributed by atoms with Gasteiger partial charge in [0.25, 0.3) is 0 Å². The lowest BCUT2D eigenvalue weighted by molar-refractivity contribution is 0.476. The van der Waals surface area contributed by atoms with E-state index in [-0.39, 0.29) is 0 Å². The number of rotatable bonds is 6. The third-order valence-corrected chi connectivity index (χ3v) is 4.95. The molecule has 23 heavy (non-hydrogen) atoms. The number of nitrogens with zero attached hydrogens (tertiary/aromatic N) is 3. The van der Waals surface area contributed by atoms with Crippen molar-refractivity contribution in [2.24, 2.45) is 4.99 Å². The van der Waals surface area contributed by atoms with E-state index in [4.69, 9.17) is 4.99 Å². The first kappa shape index (κ1) is 17.8. The Morgan fingerprint density at radius 1 is 1.35 bits per heavy atom. The Morgan fingerprint density at radius 2 is 2.09 bits per heavy atom. The molecule has 0 aliphatic rings. The number of guanidine groups is 1. The molecule has 1 heterocycles. The third kappa shape index (κ3) is 5.55. The maximum absolute atomic E-state index is 4.70. The molecule has 0 spiro atoms. The Balaban J connectivity index is 2.02. The molecule has 6 heteroatoms. The van der Waals surface area contributed by atoms with Gasteiger partial charge in [-0.3, -0.25) is 0 Å². The van der Waals surface area contributed by atoms with Crippen LogP contribution in [0.2, 0.25) is 0 Å². The normalized spacial score (nSPS) is 11.6. The number of thiazole rings is 1. The van der Waals surface area contributed by atoms with Crippen LogP contribution in [0.25, 0.3) is 0 Å². The highest BCUT2D eigenvalue weighted by Gasteiger charge is 2.07. The minimum atomic E-state index is 0.622. The summed E-state index contributed by atoms with van der Waals surface area (Å²) >= 11 is 3.46. The Morgan fingerprint density at radius 3 is 2.65 bits per heavy atom. The number of aromatic nitrogens is 1. The number of nitrogens with one attached hydrogen (secondary N) is 1. The summed E-state index contributed by atoms with van der Waals surface area (Å²) in [7, 11) is 2.07. The smallest absolute Gasteiger partial charge is 0.194 e. The summed E-state index contributed by atoms with van der Waals surface area (Å²) in [5.74, 6) is 0.911. The van der Waals surface area contributed by atoms with Crippen LogP contribution in [0.5, 0.6) is 0 Å². The highest BCUT2D eigenvalue weighted by atomic mass is 32.2. The van der Waals surface area contributed by atoms with E-state index >= 15 is 0 Å². The first-order chi connectivity index (χ1) is 11.1. The average Bonchev–Trinajstić information content (AvgIpc) is 2.97. The Bertz CT molecular complexity index is 634. The first-order valence-electron chi connectivity index (χ1n) is 7.66. The van der Waals surface area contributed by atoms with Gasteiger partial charge in [-0.05, 0) is 37.8 Å². The van der Waals surface area contributed by atoms with Gasteiger partial charge in [0.1, 0.15) is 5.01 Å². The van der Waals surface area contributed by atoms with E-state index in [1.165, 1.54) is 15.3 Å². The Hall–Kier alpha value is -1.53. The number of aliphatic imine (C=N–C) groups is 1. The molecule has 0 aliphatic heterocycles. The van der Waals surface area contributed by atoms with E-state index < -0.39 is 0 Å². The molecule has 1 N–H and O–H groups in total. The highest BCUT2D eigenvalue weighted by molar-refractivity contribution is 7.98. The van der Waals surface area contributed by atoms with E-state index in [1.807, 2.05) is 6.20 Å². The van der Waals surface area contributed by atoms with Crippen molar-refractivity contribution in [3.8, 4) is 0 Å². The van der Waals surface area contributed by atoms with Crippen LogP contribution in [-0.2, 0) is 13.1 Å². The van der Waals surface area contributed by atoms with Gasteiger partial charge in [-0.25, -0.2) is 9.98 Å². The van der Waals surface area contributed by atoms with Gasteiger partial charge in [0.05, 0.1) is 6.54 Å². The fourth-order valence-corrected chi connectivity index (χ4v) is 3.29. The summed E-state index contributed by atoms with van der Waals surface area (Å²) in [5, 5.41) is 4.40. The highest BCUT2D eigenvalue weighted by Crippen LogP contribution is 2.16. The lowest BCUT2D eigenvalue weighted by Crippen LogP contribution is -2.38. The van der Waals surface area contributed by atoms with Crippen LogP contribution < -0.4 is 5.32 Å². The summed E-state index contributed by atoms with van der Waals surface area (Å²) in [5.41, 5.74) is 1.28. The maximum atomic E-state index is 4.70. The van der Waals surface area contributed by atoms with E-state index in [0.717, 1.165) is 24.1 Å². The molecule has 0 bridgehead atoms. The topological polar surface area (TPSA) is 40.5 Å². The largest absolute Gasteiger partial charge is 0.357 e. The predicted octanol–water partition coefficient (Wildman–Crippen LogP) is 3.77. The van der Waals surface area contributed by atoms with E-state index in [9.17, 15) is 0 Å². The molecule has 0 atom stereocenters. The van der Waals surface area contributed by atoms with Crippen molar-refractivity contribution in [2.45, 2.75) is 31.8 Å². The van der Waals surface area contributed by atoms with Crippen LogP contribution in [0.15, 0.2) is 40.4 Å². The number of benzene rings is 1. The number of hydrogen-bond donors (Lipinski definition) is 1. The second kappa shape index (κ2) is 8.93. The summed E-state index contributed by atoms with van der Waals surface area (Å²) in [6.45, 7) is 6.46. The molecule has 0 radical (unpaired) electrons. The predicted molar refractivity (Wildman–Crippen MR) is 101 cm³/mol.